The first-order valence-corrected chi connectivity index (χ1v) is 15.4. The summed E-state index contributed by atoms with van der Waals surface area (Å²) in [7, 11) is 0. The fraction of sp³-hybridized carbons (Fsp3) is 0.278. The summed E-state index contributed by atoms with van der Waals surface area (Å²) in [6.45, 7) is 3.41. The van der Waals surface area contributed by atoms with Gasteiger partial charge in [-0.15, -0.1) is 24.2 Å². The Hall–Kier alpha value is -3.56. The van der Waals surface area contributed by atoms with Gasteiger partial charge in [-0.2, -0.15) is 5.26 Å². The lowest BCUT2D eigenvalue weighted by atomic mass is 9.68. The fourth-order valence-corrected chi connectivity index (χ4v) is 7.41. The number of carboxylic acid groups (broad SMARTS) is 1. The summed E-state index contributed by atoms with van der Waals surface area (Å²) < 4.78 is 0. The molecule has 0 saturated carbocycles. The highest BCUT2D eigenvalue weighted by Gasteiger charge is 2.48. The Morgan fingerprint density at radius 2 is 1.52 bits per heavy atom. The van der Waals surface area contributed by atoms with Crippen LogP contribution in [0.3, 0.4) is 0 Å². The lowest BCUT2D eigenvalue weighted by Gasteiger charge is -2.46. The molecule has 0 aliphatic carbocycles. The first-order valence-electron chi connectivity index (χ1n) is 14.1. The minimum atomic E-state index is -0.979. The van der Waals surface area contributed by atoms with E-state index in [1.54, 1.807) is 11.8 Å². The third-order valence-corrected chi connectivity index (χ3v) is 9.81. The largest absolute Gasteiger partial charge is 0.481 e. The molecule has 2 unspecified atom stereocenters. The van der Waals surface area contributed by atoms with Gasteiger partial charge in [0.25, 0.3) is 0 Å². The molecule has 1 heterocycles. The molecule has 216 valence electrons. The first kappa shape index (κ1) is 31.4. The van der Waals surface area contributed by atoms with Gasteiger partial charge in [0.15, 0.2) is 0 Å². The molecule has 1 aliphatic heterocycles. The molecule has 6 heteroatoms. The van der Waals surface area contributed by atoms with E-state index in [4.69, 9.17) is 0 Å². The number of halogens is 1. The standard InChI is InChI=1S/C36H36N2O2S.ClH/c1-27-13-12-20-31(33(27)41-2)32-25-35(34(39)40,28-14-6-3-7-15-28)21-23-38(32)24-22-36(26-37,29-16-8-4-9-17-29)30-18-10-5-11-19-30;/h3-20,32H,21-25H2,1-2H3,(H,39,40);1H. The van der Waals surface area contributed by atoms with E-state index in [0.29, 0.717) is 32.4 Å². The monoisotopic (exact) mass is 596 g/mol. The van der Waals surface area contributed by atoms with Gasteiger partial charge in [-0.05, 0) is 60.3 Å². The zero-order valence-electron chi connectivity index (χ0n) is 24.1. The molecule has 0 radical (unpaired) electrons. The molecule has 42 heavy (non-hydrogen) atoms. The van der Waals surface area contributed by atoms with Gasteiger partial charge in [-0.3, -0.25) is 9.69 Å². The van der Waals surface area contributed by atoms with Crippen molar-refractivity contribution < 1.29 is 9.90 Å². The topological polar surface area (TPSA) is 64.3 Å². The van der Waals surface area contributed by atoms with Crippen molar-refractivity contribution in [3.05, 3.63) is 137 Å². The van der Waals surface area contributed by atoms with Gasteiger partial charge in [0.1, 0.15) is 5.41 Å². The van der Waals surface area contributed by atoms with E-state index in [1.807, 2.05) is 91.0 Å². The van der Waals surface area contributed by atoms with E-state index in [1.165, 1.54) is 16.0 Å². The van der Waals surface area contributed by atoms with Crippen molar-refractivity contribution in [1.82, 2.24) is 4.90 Å². The smallest absolute Gasteiger partial charge is 0.314 e. The van der Waals surface area contributed by atoms with E-state index in [2.05, 4.69) is 42.3 Å². The Balaban J connectivity index is 0.00000405. The van der Waals surface area contributed by atoms with E-state index >= 15 is 0 Å². The zero-order valence-corrected chi connectivity index (χ0v) is 25.7. The second-order valence-corrected chi connectivity index (χ2v) is 11.8. The molecule has 5 rings (SSSR count). The molecule has 1 N–H and O–H groups in total. The molecule has 4 aromatic rings. The van der Waals surface area contributed by atoms with Gasteiger partial charge >= 0.3 is 5.97 Å². The molecule has 4 nitrogen and oxygen atoms in total. The Morgan fingerprint density at radius 3 is 2.05 bits per heavy atom. The van der Waals surface area contributed by atoms with E-state index in [9.17, 15) is 15.2 Å². The van der Waals surface area contributed by atoms with Gasteiger partial charge < -0.3 is 5.11 Å². The third-order valence-electron chi connectivity index (χ3n) is 8.85. The van der Waals surface area contributed by atoms with Crippen LogP contribution >= 0.6 is 24.2 Å². The van der Waals surface area contributed by atoms with E-state index < -0.39 is 16.8 Å². The van der Waals surface area contributed by atoms with Gasteiger partial charge in [-0.1, -0.05) is 109 Å². The number of hydrogen-bond donors (Lipinski definition) is 1. The number of aryl methyl sites for hydroxylation is 1. The van der Waals surface area contributed by atoms with Crippen LogP contribution in [0.2, 0.25) is 0 Å². The Kier molecular flexibility index (Phi) is 10.2. The van der Waals surface area contributed by atoms with Crippen molar-refractivity contribution in [3.63, 3.8) is 0 Å². The van der Waals surface area contributed by atoms with Crippen molar-refractivity contribution in [3.8, 4) is 6.07 Å². The van der Waals surface area contributed by atoms with Crippen LogP contribution in [0.25, 0.3) is 0 Å². The predicted molar refractivity (Wildman–Crippen MR) is 173 cm³/mol. The van der Waals surface area contributed by atoms with Gasteiger partial charge in [0.05, 0.1) is 11.5 Å². The number of thioether (sulfide) groups is 1. The number of nitriles is 1. The summed E-state index contributed by atoms with van der Waals surface area (Å²) in [5, 5.41) is 21.5. The average molecular weight is 597 g/mol. The maximum Gasteiger partial charge on any atom is 0.314 e. The lowest BCUT2D eigenvalue weighted by Crippen LogP contribution is -2.49. The second kappa shape index (κ2) is 13.6. The first-order chi connectivity index (χ1) is 19.9. The molecule has 1 saturated heterocycles. The molecule has 0 bridgehead atoms. The summed E-state index contributed by atoms with van der Waals surface area (Å²) in [6.07, 6.45) is 3.67. The molecule has 1 aliphatic rings. The van der Waals surface area contributed by atoms with E-state index in [0.717, 1.165) is 16.7 Å². The summed E-state index contributed by atoms with van der Waals surface area (Å²) >= 11 is 1.72. The minimum Gasteiger partial charge on any atom is -0.481 e. The van der Waals surface area contributed by atoms with Crippen LogP contribution < -0.4 is 0 Å². The third kappa shape index (κ3) is 5.85. The SMILES string of the molecule is CSc1c(C)cccc1C1CC(C(=O)O)(c2ccccc2)CCN1CCC(C#N)(c1ccccc1)c1ccccc1.Cl. The molecular weight excluding hydrogens is 560 g/mol. The predicted octanol–water partition coefficient (Wildman–Crippen LogP) is 8.20. The number of rotatable bonds is 9. The van der Waals surface area contributed by atoms with Crippen molar-refractivity contribution in [2.75, 3.05) is 19.3 Å². The van der Waals surface area contributed by atoms with Crippen molar-refractivity contribution in [1.29, 1.82) is 5.26 Å². The Labute approximate surface area is 259 Å². The molecule has 0 spiro atoms. The normalized spacial score (nSPS) is 18.9. The maximum atomic E-state index is 13.0. The highest BCUT2D eigenvalue weighted by molar-refractivity contribution is 7.98. The van der Waals surface area contributed by atoms with Gasteiger partial charge in [0, 0.05) is 24.0 Å². The van der Waals surface area contributed by atoms with Crippen LogP contribution in [-0.4, -0.2) is 35.3 Å². The zero-order chi connectivity index (χ0) is 28.9. The van der Waals surface area contributed by atoms with Crippen molar-refractivity contribution >= 4 is 30.1 Å². The number of aliphatic carboxylic acids is 1. The van der Waals surface area contributed by atoms with Crippen LogP contribution in [0.4, 0.5) is 0 Å². The number of carboxylic acids is 1. The second-order valence-electron chi connectivity index (χ2n) is 11.0. The summed E-state index contributed by atoms with van der Waals surface area (Å²) in [4.78, 5) is 16.7. The van der Waals surface area contributed by atoms with Crippen LogP contribution in [0.15, 0.2) is 114 Å². The molecule has 4 aromatic carbocycles. The van der Waals surface area contributed by atoms with Gasteiger partial charge in [-0.25, -0.2) is 0 Å². The van der Waals surface area contributed by atoms with Crippen LogP contribution in [-0.2, 0) is 15.6 Å². The molecular formula is C36H37ClN2O2S. The van der Waals surface area contributed by atoms with Crippen molar-refractivity contribution in [2.45, 2.75) is 48.0 Å². The Morgan fingerprint density at radius 1 is 0.952 bits per heavy atom. The minimum absolute atomic E-state index is 0. The molecule has 2 atom stereocenters. The summed E-state index contributed by atoms with van der Waals surface area (Å²) in [5.41, 5.74) is 3.38. The fourth-order valence-electron chi connectivity index (χ4n) is 6.58. The average Bonchev–Trinajstić information content (AvgIpc) is 3.03. The number of hydrogen-bond acceptors (Lipinski definition) is 4. The van der Waals surface area contributed by atoms with Gasteiger partial charge in [0.2, 0.25) is 0 Å². The van der Waals surface area contributed by atoms with E-state index in [-0.39, 0.29) is 18.4 Å². The molecule has 0 aromatic heterocycles. The number of piperidine rings is 1. The highest BCUT2D eigenvalue weighted by atomic mass is 35.5. The molecule has 1 fully saturated rings. The number of likely N-dealkylation sites (tertiary alicyclic amines) is 1. The number of nitrogens with zero attached hydrogens (tertiary/aromatic N) is 2. The van der Waals surface area contributed by atoms with Crippen LogP contribution in [0.1, 0.15) is 53.1 Å². The van der Waals surface area contributed by atoms with Crippen LogP contribution in [0.5, 0.6) is 0 Å². The Bertz CT molecular complexity index is 1490. The number of carbonyl (C=O) groups is 1. The lowest BCUT2D eigenvalue weighted by molar-refractivity contribution is -0.147. The summed E-state index contributed by atoms with van der Waals surface area (Å²) in [6, 6.07) is 38.8. The maximum absolute atomic E-state index is 13.0. The van der Waals surface area contributed by atoms with Crippen molar-refractivity contribution in [2.24, 2.45) is 0 Å². The highest BCUT2D eigenvalue weighted by Crippen LogP contribution is 2.47. The van der Waals surface area contributed by atoms with Crippen LogP contribution in [0, 0.1) is 18.3 Å². The summed E-state index contributed by atoms with van der Waals surface area (Å²) in [5.74, 6) is -0.772. The molecule has 0 amide bonds. The quantitative estimate of drug-likeness (QED) is 0.197. The number of benzene rings is 4.